The molecule has 0 atom stereocenters. The molecule has 0 aliphatic carbocycles. The Morgan fingerprint density at radius 3 is 2.57 bits per heavy atom. The van der Waals surface area contributed by atoms with Gasteiger partial charge in [0.25, 0.3) is 0 Å². The van der Waals surface area contributed by atoms with Gasteiger partial charge in [-0.1, -0.05) is 23.7 Å². The summed E-state index contributed by atoms with van der Waals surface area (Å²) < 4.78 is 25.3. The molecule has 0 aliphatic rings. The normalized spacial score (nSPS) is 11.7. The first-order valence-electron chi connectivity index (χ1n) is 6.10. The predicted molar refractivity (Wildman–Crippen MR) is 86.8 cm³/mol. The third kappa shape index (κ3) is 3.53. The molecular formula is C13H13BrClN3O2S. The molecule has 0 radical (unpaired) electrons. The molecule has 0 aliphatic heterocycles. The molecule has 0 unspecified atom stereocenters. The van der Waals surface area contributed by atoms with Crippen molar-refractivity contribution in [3.8, 4) is 0 Å². The summed E-state index contributed by atoms with van der Waals surface area (Å²) in [7, 11) is -3.41. The van der Waals surface area contributed by atoms with Crippen molar-refractivity contribution in [1.29, 1.82) is 0 Å². The molecule has 0 saturated carbocycles. The van der Waals surface area contributed by atoms with Crippen molar-refractivity contribution in [1.82, 2.24) is 9.97 Å². The summed E-state index contributed by atoms with van der Waals surface area (Å²) >= 11 is 9.10. The van der Waals surface area contributed by atoms with Crippen LogP contribution in [-0.2, 0) is 9.84 Å². The van der Waals surface area contributed by atoms with E-state index in [4.69, 9.17) is 11.6 Å². The Labute approximate surface area is 136 Å². The molecule has 2 aromatic rings. The van der Waals surface area contributed by atoms with Crippen LogP contribution in [0.2, 0.25) is 5.15 Å². The average Bonchev–Trinajstić information content (AvgIpc) is 2.43. The Balaban J connectivity index is 2.44. The second-order valence-electron chi connectivity index (χ2n) is 4.55. The second kappa shape index (κ2) is 6.29. The van der Waals surface area contributed by atoms with Gasteiger partial charge in [0.1, 0.15) is 5.15 Å². The molecule has 2 rings (SSSR count). The molecular weight excluding hydrogens is 378 g/mol. The lowest BCUT2D eigenvalue weighted by molar-refractivity contribution is 0.588. The maximum absolute atomic E-state index is 12.3. The SMILES string of the molecule is CC(C)S(=O)(=O)c1ccccc1Nc1ncc(Br)c(Cl)n1. The Morgan fingerprint density at radius 1 is 1.29 bits per heavy atom. The third-order valence-corrected chi connectivity index (χ3v) is 6.07. The first kappa shape index (κ1) is 16.2. The first-order valence-corrected chi connectivity index (χ1v) is 8.82. The zero-order chi connectivity index (χ0) is 15.6. The molecule has 0 spiro atoms. The standard InChI is InChI=1S/C13H13BrClN3O2S/c1-8(2)21(19,20)11-6-4-3-5-10(11)17-13-16-7-9(14)12(15)18-13/h3-8H,1-2H3,(H,16,17,18). The molecule has 0 amide bonds. The fraction of sp³-hybridized carbons (Fsp3) is 0.231. The molecule has 0 saturated heterocycles. The van der Waals surface area contributed by atoms with E-state index in [0.29, 0.717) is 10.2 Å². The van der Waals surface area contributed by atoms with Crippen LogP contribution in [0, 0.1) is 0 Å². The molecule has 0 fully saturated rings. The Kier molecular flexibility index (Phi) is 4.85. The minimum atomic E-state index is -3.41. The number of hydrogen-bond donors (Lipinski definition) is 1. The molecule has 21 heavy (non-hydrogen) atoms. The van der Waals surface area contributed by atoms with Gasteiger partial charge in [-0.3, -0.25) is 0 Å². The van der Waals surface area contributed by atoms with Crippen LogP contribution in [0.3, 0.4) is 0 Å². The zero-order valence-electron chi connectivity index (χ0n) is 11.3. The van der Waals surface area contributed by atoms with E-state index in [0.717, 1.165) is 0 Å². The van der Waals surface area contributed by atoms with Crippen LogP contribution in [0.15, 0.2) is 39.8 Å². The van der Waals surface area contributed by atoms with Crippen molar-refractivity contribution >= 4 is 49.0 Å². The number of hydrogen-bond acceptors (Lipinski definition) is 5. The maximum atomic E-state index is 12.3. The molecule has 8 heteroatoms. The summed E-state index contributed by atoms with van der Waals surface area (Å²) in [6.07, 6.45) is 1.50. The second-order valence-corrected chi connectivity index (χ2v) is 8.23. The molecule has 1 N–H and O–H groups in total. The summed E-state index contributed by atoms with van der Waals surface area (Å²) in [6.45, 7) is 3.28. The monoisotopic (exact) mass is 389 g/mol. The molecule has 112 valence electrons. The summed E-state index contributed by atoms with van der Waals surface area (Å²) in [4.78, 5) is 8.30. The molecule has 1 aromatic heterocycles. The fourth-order valence-corrected chi connectivity index (χ4v) is 3.12. The van der Waals surface area contributed by atoms with Gasteiger partial charge in [0.05, 0.1) is 20.3 Å². The summed E-state index contributed by atoms with van der Waals surface area (Å²) in [5.74, 6) is 0.231. The molecule has 1 aromatic carbocycles. The van der Waals surface area contributed by atoms with Gasteiger partial charge in [0.15, 0.2) is 9.84 Å². The van der Waals surface area contributed by atoms with Gasteiger partial charge < -0.3 is 5.32 Å². The minimum Gasteiger partial charge on any atom is -0.323 e. The number of rotatable bonds is 4. The summed E-state index contributed by atoms with van der Waals surface area (Å²) in [6, 6.07) is 6.63. The topological polar surface area (TPSA) is 72.0 Å². The number of nitrogens with zero attached hydrogens (tertiary/aromatic N) is 2. The van der Waals surface area contributed by atoms with Gasteiger partial charge in [-0.15, -0.1) is 0 Å². The van der Waals surface area contributed by atoms with Crippen LogP contribution in [0.5, 0.6) is 0 Å². The number of halogens is 2. The fourth-order valence-electron chi connectivity index (χ4n) is 1.60. The van der Waals surface area contributed by atoms with Crippen LogP contribution in [-0.4, -0.2) is 23.6 Å². The lowest BCUT2D eigenvalue weighted by Crippen LogP contribution is -2.15. The van der Waals surface area contributed by atoms with Gasteiger partial charge in [-0.25, -0.2) is 13.4 Å². The first-order chi connectivity index (χ1) is 9.82. The van der Waals surface area contributed by atoms with Gasteiger partial charge in [0, 0.05) is 6.20 Å². The summed E-state index contributed by atoms with van der Waals surface area (Å²) in [5.41, 5.74) is 0.421. The highest BCUT2D eigenvalue weighted by molar-refractivity contribution is 9.10. The van der Waals surface area contributed by atoms with Crippen molar-refractivity contribution < 1.29 is 8.42 Å². The zero-order valence-corrected chi connectivity index (χ0v) is 14.5. The molecule has 1 heterocycles. The van der Waals surface area contributed by atoms with Crippen molar-refractivity contribution in [3.63, 3.8) is 0 Å². The van der Waals surface area contributed by atoms with Crippen LogP contribution < -0.4 is 5.32 Å². The van der Waals surface area contributed by atoms with E-state index >= 15 is 0 Å². The lowest BCUT2D eigenvalue weighted by atomic mass is 10.3. The van der Waals surface area contributed by atoms with E-state index in [1.54, 1.807) is 38.1 Å². The highest BCUT2D eigenvalue weighted by Crippen LogP contribution is 2.27. The predicted octanol–water partition coefficient (Wildman–Crippen LogP) is 3.82. The number of para-hydroxylation sites is 1. The molecule has 0 bridgehead atoms. The van der Waals surface area contributed by atoms with Crippen molar-refractivity contribution in [3.05, 3.63) is 40.1 Å². The highest BCUT2D eigenvalue weighted by atomic mass is 79.9. The smallest absolute Gasteiger partial charge is 0.228 e. The number of anilines is 2. The summed E-state index contributed by atoms with van der Waals surface area (Å²) in [5, 5.41) is 2.62. The number of nitrogens with one attached hydrogen (secondary N) is 1. The van der Waals surface area contributed by atoms with E-state index < -0.39 is 15.1 Å². The van der Waals surface area contributed by atoms with Crippen LogP contribution in [0.4, 0.5) is 11.6 Å². The molecule has 5 nitrogen and oxygen atoms in total. The Morgan fingerprint density at radius 2 is 1.95 bits per heavy atom. The van der Waals surface area contributed by atoms with E-state index in [1.165, 1.54) is 6.20 Å². The largest absolute Gasteiger partial charge is 0.323 e. The number of benzene rings is 1. The van der Waals surface area contributed by atoms with E-state index in [2.05, 4.69) is 31.2 Å². The van der Waals surface area contributed by atoms with Gasteiger partial charge in [-0.05, 0) is 41.9 Å². The van der Waals surface area contributed by atoms with E-state index in [1.807, 2.05) is 0 Å². The van der Waals surface area contributed by atoms with Crippen molar-refractivity contribution in [2.75, 3.05) is 5.32 Å². The van der Waals surface area contributed by atoms with Crippen molar-refractivity contribution in [2.24, 2.45) is 0 Å². The number of aromatic nitrogens is 2. The number of sulfone groups is 1. The lowest BCUT2D eigenvalue weighted by Gasteiger charge is -2.13. The quantitative estimate of drug-likeness (QED) is 0.804. The van der Waals surface area contributed by atoms with Crippen LogP contribution in [0.25, 0.3) is 0 Å². The Bertz CT molecular complexity index is 766. The van der Waals surface area contributed by atoms with E-state index in [-0.39, 0.29) is 16.0 Å². The Hall–Kier alpha value is -1.18. The maximum Gasteiger partial charge on any atom is 0.228 e. The highest BCUT2D eigenvalue weighted by Gasteiger charge is 2.22. The van der Waals surface area contributed by atoms with Crippen molar-refractivity contribution in [2.45, 2.75) is 24.0 Å². The van der Waals surface area contributed by atoms with Gasteiger partial charge in [-0.2, -0.15) is 4.98 Å². The minimum absolute atomic E-state index is 0.211. The van der Waals surface area contributed by atoms with Crippen LogP contribution >= 0.6 is 27.5 Å². The van der Waals surface area contributed by atoms with Gasteiger partial charge >= 0.3 is 0 Å². The third-order valence-electron chi connectivity index (χ3n) is 2.76. The average molecular weight is 391 g/mol. The van der Waals surface area contributed by atoms with E-state index in [9.17, 15) is 8.42 Å². The van der Waals surface area contributed by atoms with Gasteiger partial charge in [0.2, 0.25) is 5.95 Å². The van der Waals surface area contributed by atoms with Crippen LogP contribution in [0.1, 0.15) is 13.8 Å².